The number of piperidine rings is 1. The number of halogens is 3. The number of fused-ring (bicyclic) bond motifs is 1. The van der Waals surface area contributed by atoms with Crippen LogP contribution in [-0.2, 0) is 17.5 Å². The first kappa shape index (κ1) is 25.8. The molecular weight excluding hydrogens is 511 g/mol. The van der Waals surface area contributed by atoms with E-state index in [0.717, 1.165) is 12.1 Å². The molecule has 38 heavy (non-hydrogen) atoms. The Morgan fingerprint density at radius 2 is 1.84 bits per heavy atom. The number of alkyl halides is 3. The lowest BCUT2D eigenvalue weighted by atomic mass is 9.91. The van der Waals surface area contributed by atoms with Crippen LogP contribution in [0, 0.1) is 10.1 Å². The van der Waals surface area contributed by atoms with Gasteiger partial charge < -0.3 is 30.4 Å². The van der Waals surface area contributed by atoms with Crippen LogP contribution < -0.4 is 10.5 Å². The second kappa shape index (κ2) is 9.45. The number of aromatic nitrogens is 2. The van der Waals surface area contributed by atoms with Crippen molar-refractivity contribution in [3.63, 3.8) is 0 Å². The Balaban J connectivity index is 1.18. The van der Waals surface area contributed by atoms with Gasteiger partial charge in [0.05, 0.1) is 24.7 Å². The SMILES string of the molecule is NC(=O)N1CCN(CC(=O)N2CCC3(CC2)Cn2cc([N+](=O)[O-])nc2O3)CC1c1ccc(C(F)(F)F)cc1. The summed E-state index contributed by atoms with van der Waals surface area (Å²) in [5, 5.41) is 10.9. The minimum absolute atomic E-state index is 0.0887. The first-order valence-electron chi connectivity index (χ1n) is 12.1. The molecule has 1 aromatic carbocycles. The molecule has 2 saturated heterocycles. The van der Waals surface area contributed by atoms with Crippen LogP contribution >= 0.6 is 0 Å². The predicted molar refractivity (Wildman–Crippen MR) is 125 cm³/mol. The zero-order valence-electron chi connectivity index (χ0n) is 20.3. The fourth-order valence-corrected chi connectivity index (χ4v) is 5.35. The summed E-state index contributed by atoms with van der Waals surface area (Å²) in [5.74, 6) is -0.376. The van der Waals surface area contributed by atoms with E-state index in [-0.39, 0.29) is 37.4 Å². The number of benzene rings is 1. The van der Waals surface area contributed by atoms with Gasteiger partial charge in [-0.3, -0.25) is 14.3 Å². The van der Waals surface area contributed by atoms with Crippen LogP contribution in [0.5, 0.6) is 6.01 Å². The Kier molecular flexibility index (Phi) is 6.41. The Hall–Kier alpha value is -3.88. The number of imidazole rings is 1. The molecule has 0 aliphatic carbocycles. The van der Waals surface area contributed by atoms with E-state index in [9.17, 15) is 32.9 Å². The minimum atomic E-state index is -4.47. The molecule has 2 aromatic rings. The first-order chi connectivity index (χ1) is 17.9. The Morgan fingerprint density at radius 3 is 2.42 bits per heavy atom. The molecule has 15 heteroatoms. The van der Waals surface area contributed by atoms with E-state index >= 15 is 0 Å². The highest BCUT2D eigenvalue weighted by molar-refractivity contribution is 5.78. The van der Waals surface area contributed by atoms with Crippen molar-refractivity contribution < 1.29 is 32.4 Å². The van der Waals surface area contributed by atoms with Crippen LogP contribution in [0.2, 0.25) is 0 Å². The van der Waals surface area contributed by atoms with Gasteiger partial charge in [-0.05, 0) is 22.6 Å². The van der Waals surface area contributed by atoms with Crippen LogP contribution in [0.1, 0.15) is 30.0 Å². The van der Waals surface area contributed by atoms with Crippen molar-refractivity contribution in [1.29, 1.82) is 0 Å². The van der Waals surface area contributed by atoms with Gasteiger partial charge in [0.15, 0.2) is 0 Å². The largest absolute Gasteiger partial charge is 0.437 e. The molecule has 2 fully saturated rings. The Bertz CT molecular complexity index is 1220. The van der Waals surface area contributed by atoms with Gasteiger partial charge in [-0.2, -0.15) is 13.2 Å². The molecule has 1 unspecified atom stereocenters. The molecule has 1 atom stereocenters. The number of rotatable bonds is 4. The predicted octanol–water partition coefficient (Wildman–Crippen LogP) is 2.00. The zero-order chi connectivity index (χ0) is 27.2. The molecule has 4 heterocycles. The fraction of sp³-hybridized carbons (Fsp3) is 0.522. The molecule has 204 valence electrons. The smallest absolute Gasteiger partial charge is 0.416 e. The van der Waals surface area contributed by atoms with E-state index in [1.54, 1.807) is 9.47 Å². The van der Waals surface area contributed by atoms with Gasteiger partial charge in [0.1, 0.15) is 11.8 Å². The summed E-state index contributed by atoms with van der Waals surface area (Å²) in [6.45, 7) is 2.28. The van der Waals surface area contributed by atoms with Crippen molar-refractivity contribution in [2.75, 3.05) is 39.3 Å². The number of piperazine rings is 1. The average molecular weight is 537 g/mol. The highest BCUT2D eigenvalue weighted by Crippen LogP contribution is 2.38. The molecule has 3 aliphatic heterocycles. The van der Waals surface area contributed by atoms with E-state index < -0.39 is 34.3 Å². The summed E-state index contributed by atoms with van der Waals surface area (Å²) in [6.07, 6.45) is -2.04. The van der Waals surface area contributed by atoms with Gasteiger partial charge in [0.25, 0.3) is 0 Å². The van der Waals surface area contributed by atoms with Gasteiger partial charge in [-0.1, -0.05) is 12.1 Å². The number of nitrogens with zero attached hydrogens (tertiary/aromatic N) is 6. The van der Waals surface area contributed by atoms with E-state index in [1.807, 2.05) is 4.90 Å². The molecule has 2 N–H and O–H groups in total. The summed E-state index contributed by atoms with van der Waals surface area (Å²) in [7, 11) is 0. The number of nitro groups is 1. The van der Waals surface area contributed by atoms with Crippen LogP contribution in [-0.4, -0.2) is 86.0 Å². The molecular formula is C23H26F3N7O5. The topological polar surface area (TPSA) is 140 Å². The highest BCUT2D eigenvalue weighted by atomic mass is 19.4. The molecule has 12 nitrogen and oxygen atoms in total. The number of ether oxygens (including phenoxy) is 1. The normalized spacial score (nSPS) is 21.3. The maximum atomic E-state index is 13.1. The van der Waals surface area contributed by atoms with Gasteiger partial charge in [-0.15, -0.1) is 0 Å². The maximum Gasteiger partial charge on any atom is 0.416 e. The summed E-state index contributed by atoms with van der Waals surface area (Å²) < 4.78 is 46.5. The van der Waals surface area contributed by atoms with Crippen molar-refractivity contribution in [3.8, 4) is 6.01 Å². The van der Waals surface area contributed by atoms with E-state index in [4.69, 9.17) is 10.5 Å². The van der Waals surface area contributed by atoms with Gasteiger partial charge in [0, 0.05) is 50.5 Å². The molecule has 3 aliphatic rings. The minimum Gasteiger partial charge on any atom is -0.437 e. The first-order valence-corrected chi connectivity index (χ1v) is 12.1. The number of carbonyl (C=O) groups excluding carboxylic acids is 2. The summed E-state index contributed by atoms with van der Waals surface area (Å²) in [4.78, 5) is 44.3. The van der Waals surface area contributed by atoms with Crippen LogP contribution in [0.4, 0.5) is 23.8 Å². The van der Waals surface area contributed by atoms with Crippen molar-refractivity contribution in [3.05, 3.63) is 51.7 Å². The lowest BCUT2D eigenvalue weighted by Gasteiger charge is -2.42. The van der Waals surface area contributed by atoms with Gasteiger partial charge >= 0.3 is 24.0 Å². The number of hydrogen-bond donors (Lipinski definition) is 1. The molecule has 0 saturated carbocycles. The van der Waals surface area contributed by atoms with Gasteiger partial charge in [-0.25, -0.2) is 4.79 Å². The van der Waals surface area contributed by atoms with Crippen molar-refractivity contribution in [2.24, 2.45) is 5.73 Å². The third-order valence-corrected chi connectivity index (χ3v) is 7.44. The summed E-state index contributed by atoms with van der Waals surface area (Å²) in [6, 6.07) is 3.55. The standard InChI is InChI=1S/C23H26F3N7O5/c24-23(25,26)16-3-1-15(2-4-16)17-11-29(9-10-32(17)20(27)35)13-19(34)30-7-5-22(6-8-30)14-31-12-18(33(36)37)28-21(31)38-22/h1-4,12,17H,5-11,13-14H2,(H2,27,35). The maximum absolute atomic E-state index is 13.1. The van der Waals surface area contributed by atoms with Crippen LogP contribution in [0.25, 0.3) is 0 Å². The van der Waals surface area contributed by atoms with Crippen molar-refractivity contribution in [1.82, 2.24) is 24.3 Å². The van der Waals surface area contributed by atoms with E-state index in [1.165, 1.54) is 23.2 Å². The van der Waals surface area contributed by atoms with Crippen LogP contribution in [0.15, 0.2) is 30.5 Å². The van der Waals surface area contributed by atoms with Crippen LogP contribution in [0.3, 0.4) is 0 Å². The molecule has 0 bridgehead atoms. The molecule has 5 rings (SSSR count). The van der Waals surface area contributed by atoms with Crippen molar-refractivity contribution in [2.45, 2.75) is 37.2 Å². The number of carbonyl (C=O) groups is 2. The monoisotopic (exact) mass is 537 g/mol. The average Bonchev–Trinajstić information content (AvgIpc) is 3.40. The third kappa shape index (κ3) is 4.97. The third-order valence-electron chi connectivity index (χ3n) is 7.44. The number of amides is 3. The number of hydrogen-bond acceptors (Lipinski definition) is 7. The summed E-state index contributed by atoms with van der Waals surface area (Å²) >= 11 is 0. The van der Waals surface area contributed by atoms with Gasteiger partial charge in [0.2, 0.25) is 5.91 Å². The zero-order valence-corrected chi connectivity index (χ0v) is 20.3. The molecule has 0 radical (unpaired) electrons. The van der Waals surface area contributed by atoms with Crippen molar-refractivity contribution >= 4 is 17.8 Å². The molecule has 1 aromatic heterocycles. The number of nitrogens with two attached hydrogens (primary N) is 1. The Morgan fingerprint density at radius 1 is 1.16 bits per heavy atom. The highest BCUT2D eigenvalue weighted by Gasteiger charge is 2.46. The number of primary amides is 1. The quantitative estimate of drug-likeness (QED) is 0.465. The van der Waals surface area contributed by atoms with E-state index in [2.05, 4.69) is 4.98 Å². The summed E-state index contributed by atoms with van der Waals surface area (Å²) in [5.41, 5.74) is 4.68. The fourth-order valence-electron chi connectivity index (χ4n) is 5.35. The lowest BCUT2D eigenvalue weighted by molar-refractivity contribution is -0.389. The Labute approximate surface area is 214 Å². The lowest BCUT2D eigenvalue weighted by Crippen LogP contribution is -2.55. The number of likely N-dealkylation sites (tertiary alicyclic amines) is 1. The molecule has 3 amide bonds. The molecule has 1 spiro atoms. The number of urea groups is 1. The second-order valence-electron chi connectivity index (χ2n) is 9.83. The second-order valence-corrected chi connectivity index (χ2v) is 9.83. The van der Waals surface area contributed by atoms with E-state index in [0.29, 0.717) is 44.6 Å².